The Morgan fingerprint density at radius 1 is 0.190 bits per heavy atom. The molecule has 0 aromatic carbocycles. The van der Waals surface area contributed by atoms with Crippen molar-refractivity contribution in [3.05, 3.63) is 0 Å². The summed E-state index contributed by atoms with van der Waals surface area (Å²) in [5.41, 5.74) is 0. The summed E-state index contributed by atoms with van der Waals surface area (Å²) in [4.78, 5) is 120. The van der Waals surface area contributed by atoms with Crippen LogP contribution in [-0.4, -0.2) is 162 Å². The van der Waals surface area contributed by atoms with Gasteiger partial charge in [-0.1, -0.05) is 0 Å². The second-order valence-corrected chi connectivity index (χ2v) is 9.36. The molecule has 0 unspecified atom stereocenters. The fourth-order valence-corrected chi connectivity index (χ4v) is 2.48. The molecule has 0 aromatic heterocycles. The van der Waals surface area contributed by atoms with Crippen LogP contribution in [0.15, 0.2) is 0 Å². The summed E-state index contributed by atoms with van der Waals surface area (Å²) in [6, 6.07) is -5.34. The predicted molar refractivity (Wildman–Crippen MR) is 203 cm³/mol. The van der Waals surface area contributed by atoms with Crippen molar-refractivity contribution in [2.75, 3.05) is 95.6 Å². The highest BCUT2D eigenvalue weighted by atomic mass is 16.2. The minimum Gasteiger partial charge on any atom is -0.341 e. The third-order valence-electron chi connectivity index (χ3n) is 5.35. The van der Waals surface area contributed by atoms with Crippen LogP contribution in [0, 0.1) is 0 Å². The molecule has 58 heavy (non-hydrogen) atoms. The van der Waals surface area contributed by atoms with Gasteiger partial charge in [0.2, 0.25) is 0 Å². The minimum absolute atomic E-state index is 0.00845. The molecule has 0 saturated heterocycles. The Bertz CT molecular complexity index is 1150. The van der Waals surface area contributed by atoms with Gasteiger partial charge in [-0.15, -0.1) is 0 Å². The molecule has 0 radical (unpaired) electrons. The van der Waals surface area contributed by atoms with E-state index in [1.807, 2.05) is 0 Å². The smallest absolute Gasteiger partial charge is 0.317 e. The average molecular weight is 841 g/mol. The van der Waals surface area contributed by atoms with Crippen LogP contribution >= 0.6 is 0 Å². The van der Waals surface area contributed by atoms with Gasteiger partial charge in [0.1, 0.15) is 0 Å². The van der Waals surface area contributed by atoms with Crippen molar-refractivity contribution in [2.45, 2.75) is 0 Å². The molecule has 0 heterocycles. The fraction of sp³-hybridized carbons (Fsp3) is 0.560. The van der Waals surface area contributed by atoms with Gasteiger partial charge >= 0.3 is 66.3 Å². The van der Waals surface area contributed by atoms with Gasteiger partial charge in [-0.05, 0) is 0 Å². The van der Waals surface area contributed by atoms with Crippen LogP contribution in [0.5, 0.6) is 0 Å². The Morgan fingerprint density at radius 3 is 0.362 bits per heavy atom. The molecular weight excluding hydrogens is 784 g/mol. The van der Waals surface area contributed by atoms with Crippen LogP contribution in [0.1, 0.15) is 0 Å². The van der Waals surface area contributed by atoms with Crippen molar-refractivity contribution in [3.8, 4) is 0 Å². The molecule has 0 aliphatic carbocycles. The van der Waals surface area contributed by atoms with Crippen LogP contribution in [0.2, 0.25) is 0 Å². The molecule has 0 spiro atoms. The van der Waals surface area contributed by atoms with E-state index in [1.165, 1.54) is 42.3 Å². The van der Waals surface area contributed by atoms with E-state index in [0.29, 0.717) is 0 Å². The van der Waals surface area contributed by atoms with E-state index in [1.54, 1.807) is 0 Å². The number of hydrogen-bond donors (Lipinski definition) is 22. The third kappa shape index (κ3) is 39.2. The first-order chi connectivity index (χ1) is 27.6. The maximum absolute atomic E-state index is 11.2. The van der Waals surface area contributed by atoms with Gasteiger partial charge in [-0.25, -0.2) is 52.7 Å². The van der Waals surface area contributed by atoms with Crippen molar-refractivity contribution >= 4 is 66.3 Å². The second kappa shape index (κ2) is 37.3. The first-order valence-electron chi connectivity index (χ1n) is 16.4. The molecule has 0 aliphatic rings. The van der Waals surface area contributed by atoms with Gasteiger partial charge < -0.3 is 117 Å². The summed E-state index contributed by atoms with van der Waals surface area (Å²) in [5, 5.41) is 51.2. The highest BCUT2D eigenvalue weighted by molar-refractivity contribution is 5.80. The zero-order valence-corrected chi connectivity index (χ0v) is 32.6. The molecule has 0 aromatic rings. The molecule has 33 heteroatoms. The number of carbonyl (C=O) groups excluding carboxylic acids is 11. The van der Waals surface area contributed by atoms with Crippen molar-refractivity contribution in [3.63, 3.8) is 0 Å². The van der Waals surface area contributed by atoms with Crippen LogP contribution in [0.25, 0.3) is 0 Å². The summed E-state index contributed by atoms with van der Waals surface area (Å²) in [6.45, 7) is -0.519. The molecule has 0 fully saturated rings. The molecule has 22 N–H and O–H groups in total. The summed E-state index contributed by atoms with van der Waals surface area (Å²) in [5.74, 6) is 0. The lowest BCUT2D eigenvalue weighted by Crippen LogP contribution is -2.50. The van der Waals surface area contributed by atoms with Crippen LogP contribution < -0.4 is 117 Å². The minimum atomic E-state index is -0.574. The Balaban J connectivity index is -0.000000791. The standard InChI is InChI=1S/2C9H20N8O4.C7H16N6O3/c2*1-10-6(18)12-3-14-8(20)16-5-17-9(21)15-4-13-7(19)11-2;1-8-5(14)10-3-12-7(16)13-4-11-6(15)9-2/h2*3-5H2,1-2H3,(H2,10,12,18)(H2,11,13,19)(H2,14,16,20)(H2,15,17,21);3-4H2,1-2H3,(H2,8,10,14)(H2,9,11,15)(H2,12,13,16). The topological polar surface area (TPSA) is 452 Å². The normalized spacial score (nSPS) is 8.79. The molecule has 22 amide bonds. The third-order valence-corrected chi connectivity index (χ3v) is 5.35. The van der Waals surface area contributed by atoms with Crippen LogP contribution in [0.3, 0.4) is 0 Å². The van der Waals surface area contributed by atoms with Gasteiger partial charge in [0.15, 0.2) is 0 Å². The number of urea groups is 11. The lowest BCUT2D eigenvalue weighted by atomic mass is 10.8. The zero-order chi connectivity index (χ0) is 44.6. The molecule has 0 rings (SSSR count). The summed E-state index contributed by atoms with van der Waals surface area (Å²) < 4.78 is 0. The molecule has 33 nitrogen and oxygen atoms in total. The monoisotopic (exact) mass is 840 g/mol. The van der Waals surface area contributed by atoms with E-state index in [9.17, 15) is 52.7 Å². The molecule has 0 saturated carbocycles. The molecular formula is C25H56N22O11. The Labute approximate surface area is 331 Å². The molecule has 0 atom stereocenters. The maximum atomic E-state index is 11.2. The lowest BCUT2D eigenvalue weighted by Gasteiger charge is -2.10. The molecule has 0 aliphatic heterocycles. The van der Waals surface area contributed by atoms with Crippen molar-refractivity contribution in [2.24, 2.45) is 0 Å². The van der Waals surface area contributed by atoms with Crippen molar-refractivity contribution < 1.29 is 52.7 Å². The number of carbonyl (C=O) groups is 11. The first kappa shape index (κ1) is 54.3. The van der Waals surface area contributed by atoms with Gasteiger partial charge in [0.25, 0.3) is 0 Å². The number of rotatable bonds is 16. The second-order valence-electron chi connectivity index (χ2n) is 9.36. The highest BCUT2D eigenvalue weighted by Gasteiger charge is 2.05. The Hall–Kier alpha value is -8.03. The SMILES string of the molecule is CNC(=O)NCNC(=O)NCNC(=O)NC.CNC(=O)NCNC(=O)NCNC(=O)NCNC(=O)NC.CNC(=O)NCNC(=O)NCNC(=O)NCNC(=O)NC. The van der Waals surface area contributed by atoms with Crippen LogP contribution in [0.4, 0.5) is 52.7 Å². The lowest BCUT2D eigenvalue weighted by molar-refractivity contribution is 0.228. The quantitative estimate of drug-likeness (QED) is 0.0648. The summed E-state index contributed by atoms with van der Waals surface area (Å²) in [7, 11) is 8.69. The van der Waals surface area contributed by atoms with E-state index in [2.05, 4.69) is 117 Å². The van der Waals surface area contributed by atoms with E-state index < -0.39 is 66.3 Å². The van der Waals surface area contributed by atoms with Gasteiger partial charge in [0, 0.05) is 42.3 Å². The zero-order valence-electron chi connectivity index (χ0n) is 32.6. The molecule has 0 bridgehead atoms. The number of nitrogens with one attached hydrogen (secondary N) is 22. The Morgan fingerprint density at radius 2 is 0.276 bits per heavy atom. The Kier molecular flexibility index (Phi) is 34.9. The largest absolute Gasteiger partial charge is 0.341 e. The maximum Gasteiger partial charge on any atom is 0.317 e. The van der Waals surface area contributed by atoms with Crippen molar-refractivity contribution in [1.29, 1.82) is 0 Å². The van der Waals surface area contributed by atoms with Gasteiger partial charge in [0.05, 0.1) is 53.3 Å². The van der Waals surface area contributed by atoms with Gasteiger partial charge in [-0.3, -0.25) is 0 Å². The highest BCUT2D eigenvalue weighted by Crippen LogP contribution is 1.69. The average Bonchev–Trinajstić information content (AvgIpc) is 3.20. The number of amides is 22. The van der Waals surface area contributed by atoms with Crippen molar-refractivity contribution in [1.82, 2.24) is 117 Å². The van der Waals surface area contributed by atoms with E-state index in [0.717, 1.165) is 0 Å². The van der Waals surface area contributed by atoms with Gasteiger partial charge in [-0.2, -0.15) is 0 Å². The van der Waals surface area contributed by atoms with Crippen LogP contribution in [-0.2, 0) is 0 Å². The van der Waals surface area contributed by atoms with E-state index in [-0.39, 0.29) is 53.3 Å². The van der Waals surface area contributed by atoms with E-state index in [4.69, 9.17) is 0 Å². The van der Waals surface area contributed by atoms with E-state index >= 15 is 0 Å². The summed E-state index contributed by atoms with van der Waals surface area (Å²) in [6.07, 6.45) is 0. The number of hydrogen-bond acceptors (Lipinski definition) is 11. The molecule has 332 valence electrons. The summed E-state index contributed by atoms with van der Waals surface area (Å²) >= 11 is 0. The predicted octanol–water partition coefficient (Wildman–Crippen LogP) is -7.31. The first-order valence-corrected chi connectivity index (χ1v) is 16.4. The fourth-order valence-electron chi connectivity index (χ4n) is 2.48.